The van der Waals surface area contributed by atoms with E-state index in [4.69, 9.17) is 4.74 Å². The van der Waals surface area contributed by atoms with E-state index in [1.807, 2.05) is 30.3 Å². The highest BCUT2D eigenvalue weighted by Gasteiger charge is 2.31. The summed E-state index contributed by atoms with van der Waals surface area (Å²) in [5.41, 5.74) is 0.905. The summed E-state index contributed by atoms with van der Waals surface area (Å²) in [6.45, 7) is 0.612. The predicted molar refractivity (Wildman–Crippen MR) is 131 cm³/mol. The van der Waals surface area contributed by atoms with Crippen LogP contribution in [0, 0.1) is 0 Å². The molecule has 0 amide bonds. The zero-order valence-electron chi connectivity index (χ0n) is 19.1. The van der Waals surface area contributed by atoms with Gasteiger partial charge in [0.25, 0.3) is 0 Å². The molecule has 2 heterocycles. The van der Waals surface area contributed by atoms with Crippen LogP contribution in [0.15, 0.2) is 90.0 Å². The van der Waals surface area contributed by atoms with Crippen LogP contribution in [0.4, 0.5) is 13.2 Å². The maximum Gasteiger partial charge on any atom is 0.416 e. The van der Waals surface area contributed by atoms with E-state index in [1.165, 1.54) is 34.6 Å². The summed E-state index contributed by atoms with van der Waals surface area (Å²) >= 11 is 0. The van der Waals surface area contributed by atoms with Gasteiger partial charge in [0.15, 0.2) is 0 Å². The van der Waals surface area contributed by atoms with Crippen molar-refractivity contribution in [1.29, 1.82) is 0 Å². The fraction of sp³-hybridized carbons (Fsp3) is 0.222. The van der Waals surface area contributed by atoms with Crippen molar-refractivity contribution < 1.29 is 26.3 Å². The normalized spacial score (nSPS) is 15.8. The number of sulfonamides is 1. The van der Waals surface area contributed by atoms with Crippen LogP contribution in [0.5, 0.6) is 5.75 Å². The number of ether oxygens (including phenoxy) is 1. The van der Waals surface area contributed by atoms with Crippen molar-refractivity contribution in [3.63, 3.8) is 0 Å². The molecule has 5 nitrogen and oxygen atoms in total. The molecule has 1 aliphatic heterocycles. The molecule has 3 aromatic carbocycles. The van der Waals surface area contributed by atoms with Gasteiger partial charge in [-0.1, -0.05) is 42.5 Å². The van der Waals surface area contributed by atoms with E-state index in [9.17, 15) is 21.6 Å². The number of hydrogen-bond acceptors (Lipinski definition) is 4. The topological polar surface area (TPSA) is 59.5 Å². The number of fused-ring (bicyclic) bond motifs is 1. The zero-order valence-corrected chi connectivity index (χ0v) is 20.0. The molecule has 1 aromatic heterocycles. The van der Waals surface area contributed by atoms with E-state index in [1.54, 1.807) is 12.3 Å². The van der Waals surface area contributed by atoms with Crippen LogP contribution in [-0.2, 0) is 16.2 Å². The van der Waals surface area contributed by atoms with Crippen LogP contribution in [0.2, 0.25) is 0 Å². The van der Waals surface area contributed by atoms with Crippen LogP contribution < -0.4 is 4.74 Å². The molecule has 0 aliphatic carbocycles. The van der Waals surface area contributed by atoms with Crippen LogP contribution >= 0.6 is 0 Å². The molecule has 0 unspecified atom stereocenters. The third kappa shape index (κ3) is 4.94. The average molecular weight is 513 g/mol. The first-order chi connectivity index (χ1) is 17.2. The Bertz CT molecular complexity index is 1480. The Morgan fingerprint density at radius 2 is 1.56 bits per heavy atom. The van der Waals surface area contributed by atoms with E-state index in [0.29, 0.717) is 42.8 Å². The minimum atomic E-state index is -4.45. The largest absolute Gasteiger partial charge is 0.488 e. The SMILES string of the molecule is O=S(=O)(c1ccc(-c2cccc(C(F)(F)F)c2)cc1)N1CCC(Oc2cccc3cccnc23)CC1. The maximum atomic E-state index is 13.2. The minimum absolute atomic E-state index is 0.107. The molecule has 36 heavy (non-hydrogen) atoms. The molecule has 1 saturated heterocycles. The van der Waals surface area contributed by atoms with Gasteiger partial charge in [0.2, 0.25) is 10.0 Å². The number of pyridine rings is 1. The molecule has 0 N–H and O–H groups in total. The lowest BCUT2D eigenvalue weighted by molar-refractivity contribution is -0.137. The van der Waals surface area contributed by atoms with Gasteiger partial charge in [-0.2, -0.15) is 17.5 Å². The fourth-order valence-electron chi connectivity index (χ4n) is 4.38. The lowest BCUT2D eigenvalue weighted by Crippen LogP contribution is -2.41. The molecule has 1 fully saturated rings. The molecule has 0 saturated carbocycles. The van der Waals surface area contributed by atoms with E-state index in [-0.39, 0.29) is 11.0 Å². The molecule has 1 aliphatic rings. The zero-order chi connectivity index (χ0) is 25.3. The van der Waals surface area contributed by atoms with Gasteiger partial charge in [0, 0.05) is 24.7 Å². The molecule has 0 bridgehead atoms. The first kappa shape index (κ1) is 24.3. The predicted octanol–water partition coefficient (Wildman–Crippen LogP) is 6.15. The molecule has 4 aromatic rings. The summed E-state index contributed by atoms with van der Waals surface area (Å²) in [4.78, 5) is 4.51. The highest BCUT2D eigenvalue weighted by molar-refractivity contribution is 7.89. The Kier molecular flexibility index (Phi) is 6.44. The smallest absolute Gasteiger partial charge is 0.416 e. The second-order valence-electron chi connectivity index (χ2n) is 8.66. The molecule has 0 atom stereocenters. The Hall–Kier alpha value is -3.43. The first-order valence-electron chi connectivity index (χ1n) is 11.5. The van der Waals surface area contributed by atoms with Gasteiger partial charge in [0.1, 0.15) is 17.4 Å². The monoisotopic (exact) mass is 512 g/mol. The number of hydrogen-bond donors (Lipinski definition) is 0. The fourth-order valence-corrected chi connectivity index (χ4v) is 5.85. The Labute approximate surface area is 207 Å². The number of halogens is 3. The van der Waals surface area contributed by atoms with Gasteiger partial charge in [-0.3, -0.25) is 4.98 Å². The number of benzene rings is 3. The summed E-state index contributed by atoms with van der Waals surface area (Å²) in [5, 5.41) is 0.976. The van der Waals surface area contributed by atoms with E-state index >= 15 is 0 Å². The van der Waals surface area contributed by atoms with Crippen LogP contribution in [0.1, 0.15) is 18.4 Å². The van der Waals surface area contributed by atoms with Crippen molar-refractivity contribution in [2.45, 2.75) is 30.0 Å². The van der Waals surface area contributed by atoms with Crippen molar-refractivity contribution in [3.8, 4) is 16.9 Å². The standard InChI is InChI=1S/C27H23F3N2O3S/c28-27(29,30)22-7-1-5-21(18-22)19-9-11-24(12-10-19)36(33,34)32-16-13-23(14-17-32)35-25-8-2-4-20-6-3-15-31-26(20)25/h1-12,15,18,23H,13-14,16-17H2. The van der Waals surface area contributed by atoms with Gasteiger partial charge in [-0.25, -0.2) is 8.42 Å². The molecule has 0 radical (unpaired) electrons. The van der Waals surface area contributed by atoms with Crippen LogP contribution in [0.25, 0.3) is 22.0 Å². The van der Waals surface area contributed by atoms with Gasteiger partial charge in [-0.15, -0.1) is 0 Å². The Balaban J connectivity index is 1.26. The Morgan fingerprint density at radius 1 is 0.861 bits per heavy atom. The van der Waals surface area contributed by atoms with Gasteiger partial charge < -0.3 is 4.74 Å². The maximum absolute atomic E-state index is 13.2. The van der Waals surface area contributed by atoms with Crippen molar-refractivity contribution in [2.75, 3.05) is 13.1 Å². The molecular weight excluding hydrogens is 489 g/mol. The summed E-state index contributed by atoms with van der Waals surface area (Å²) < 4.78 is 73.1. The summed E-state index contributed by atoms with van der Waals surface area (Å²) in [6.07, 6.45) is -1.80. The summed E-state index contributed by atoms with van der Waals surface area (Å²) in [5.74, 6) is 0.680. The van der Waals surface area contributed by atoms with Crippen molar-refractivity contribution >= 4 is 20.9 Å². The van der Waals surface area contributed by atoms with Gasteiger partial charge in [0.05, 0.1) is 10.5 Å². The number of para-hydroxylation sites is 1. The van der Waals surface area contributed by atoms with E-state index in [2.05, 4.69) is 4.98 Å². The lowest BCUT2D eigenvalue weighted by atomic mass is 10.0. The van der Waals surface area contributed by atoms with E-state index in [0.717, 1.165) is 23.0 Å². The highest BCUT2D eigenvalue weighted by Crippen LogP contribution is 2.33. The van der Waals surface area contributed by atoms with Crippen molar-refractivity contribution in [2.24, 2.45) is 0 Å². The third-order valence-electron chi connectivity index (χ3n) is 6.31. The number of aromatic nitrogens is 1. The molecule has 0 spiro atoms. The number of alkyl halides is 3. The van der Waals surface area contributed by atoms with Crippen LogP contribution in [-0.4, -0.2) is 36.9 Å². The molecule has 186 valence electrons. The second kappa shape index (κ2) is 9.55. The number of nitrogens with zero attached hydrogens (tertiary/aromatic N) is 2. The second-order valence-corrected chi connectivity index (χ2v) is 10.6. The number of rotatable bonds is 5. The van der Waals surface area contributed by atoms with E-state index < -0.39 is 21.8 Å². The van der Waals surface area contributed by atoms with Gasteiger partial charge >= 0.3 is 6.18 Å². The Morgan fingerprint density at radius 3 is 2.28 bits per heavy atom. The first-order valence-corrected chi connectivity index (χ1v) is 12.9. The third-order valence-corrected chi connectivity index (χ3v) is 8.22. The highest BCUT2D eigenvalue weighted by atomic mass is 32.2. The van der Waals surface area contributed by atoms with Crippen LogP contribution in [0.3, 0.4) is 0 Å². The lowest BCUT2D eigenvalue weighted by Gasteiger charge is -2.31. The molecular formula is C27H23F3N2O3S. The van der Waals surface area contributed by atoms with Crippen molar-refractivity contribution in [1.82, 2.24) is 9.29 Å². The van der Waals surface area contributed by atoms with Crippen molar-refractivity contribution in [3.05, 3.63) is 90.6 Å². The quantitative estimate of drug-likeness (QED) is 0.322. The average Bonchev–Trinajstić information content (AvgIpc) is 2.89. The molecule has 9 heteroatoms. The van der Waals surface area contributed by atoms with Gasteiger partial charge in [-0.05, 0) is 60.4 Å². The summed E-state index contributed by atoms with van der Waals surface area (Å²) in [7, 11) is -3.74. The minimum Gasteiger partial charge on any atom is -0.488 e. The summed E-state index contributed by atoms with van der Waals surface area (Å²) in [6, 6.07) is 20.5. The molecule has 5 rings (SSSR count). The number of piperidine rings is 1.